The van der Waals surface area contributed by atoms with E-state index in [2.05, 4.69) is 75.5 Å². The minimum Gasteiger partial charge on any atom is -0.270 e. The zero-order chi connectivity index (χ0) is 15.3. The fourth-order valence-electron chi connectivity index (χ4n) is 2.08. The standard InChI is InChI=1S/3C7H9.Pm/c3*1-2-7-5-3-4-6-7;/h3*3,5H,2,4H2,1H3;/q3*-1;. The van der Waals surface area contributed by atoms with Gasteiger partial charge in [-0.2, -0.15) is 18.2 Å². The fraction of sp³-hybridized carbons (Fsp3) is 0.429. The van der Waals surface area contributed by atoms with Gasteiger partial charge in [-0.3, -0.25) is 18.2 Å². The summed E-state index contributed by atoms with van der Waals surface area (Å²) in [7, 11) is 0. The second-order valence-electron chi connectivity index (χ2n) is 4.99. The molecular formula is C21H27Pm-3. The van der Waals surface area contributed by atoms with E-state index in [1.165, 1.54) is 16.7 Å². The summed E-state index contributed by atoms with van der Waals surface area (Å²) in [5.41, 5.74) is 4.08. The summed E-state index contributed by atoms with van der Waals surface area (Å²) >= 11 is 0. The molecule has 0 aromatic carbocycles. The van der Waals surface area contributed by atoms with Crippen LogP contribution in [0.3, 0.4) is 0 Å². The molecule has 0 N–H and O–H groups in total. The summed E-state index contributed by atoms with van der Waals surface area (Å²) in [6.07, 6.45) is 29.0. The maximum absolute atomic E-state index is 3.21. The van der Waals surface area contributed by atoms with Crippen molar-refractivity contribution in [1.29, 1.82) is 0 Å². The Morgan fingerprint density at radius 2 is 0.909 bits per heavy atom. The van der Waals surface area contributed by atoms with Crippen LogP contribution < -0.4 is 0 Å². The van der Waals surface area contributed by atoms with Crippen LogP contribution in [0.15, 0.2) is 53.2 Å². The molecule has 1 radical (unpaired) electrons. The fourth-order valence-corrected chi connectivity index (χ4v) is 2.08. The largest absolute Gasteiger partial charge is 0.270 e. The zero-order valence-electron chi connectivity index (χ0n) is 14.2. The molecule has 0 aromatic heterocycles. The van der Waals surface area contributed by atoms with Crippen LogP contribution in [0.1, 0.15) is 59.3 Å². The SMILES string of the molecule is CCC1=[C-]CC=C1.CCC1=[C-]CC=C1.CCC1=[C-]CC=C1.[Pm]. The molecule has 0 bridgehead atoms. The van der Waals surface area contributed by atoms with E-state index in [0.717, 1.165) is 38.5 Å². The molecule has 0 nitrogen and oxygen atoms in total. The smallest absolute Gasteiger partial charge is 0 e. The average Bonchev–Trinajstić information content (AvgIpc) is 3.31. The normalized spacial score (nSPS) is 16.8. The molecule has 22 heavy (non-hydrogen) atoms. The molecule has 0 unspecified atom stereocenters. The molecule has 0 heterocycles. The quantitative estimate of drug-likeness (QED) is 0.469. The Labute approximate surface area is 170 Å². The molecule has 0 saturated heterocycles. The third-order valence-electron chi connectivity index (χ3n) is 3.44. The van der Waals surface area contributed by atoms with E-state index in [1.807, 2.05) is 0 Å². The molecule has 3 rings (SSSR count). The molecule has 0 aliphatic heterocycles. The molecule has 0 amide bonds. The predicted molar refractivity (Wildman–Crippen MR) is 92.4 cm³/mol. The Balaban J connectivity index is 0.000000294. The average molecular weight is 424 g/mol. The van der Waals surface area contributed by atoms with Gasteiger partial charge in [-0.1, -0.05) is 40.0 Å². The number of allylic oxidation sites excluding steroid dienone is 12. The first kappa shape index (κ1) is 21.8. The van der Waals surface area contributed by atoms with Gasteiger partial charge in [-0.05, 0) is 0 Å². The molecule has 119 valence electrons. The van der Waals surface area contributed by atoms with Crippen molar-refractivity contribution < 1.29 is 40.4 Å². The van der Waals surface area contributed by atoms with Crippen LogP contribution in [0.4, 0.5) is 0 Å². The van der Waals surface area contributed by atoms with Gasteiger partial charge in [0.15, 0.2) is 0 Å². The van der Waals surface area contributed by atoms with E-state index < -0.39 is 0 Å². The maximum Gasteiger partial charge on any atom is 0 e. The first-order valence-electron chi connectivity index (χ1n) is 8.08. The van der Waals surface area contributed by atoms with Crippen molar-refractivity contribution in [2.75, 3.05) is 0 Å². The van der Waals surface area contributed by atoms with Gasteiger partial charge >= 0.3 is 0 Å². The van der Waals surface area contributed by atoms with Crippen LogP contribution in [0, 0.1) is 58.6 Å². The van der Waals surface area contributed by atoms with Crippen LogP contribution >= 0.6 is 0 Å². The summed E-state index contributed by atoms with van der Waals surface area (Å²) in [6, 6.07) is 0. The van der Waals surface area contributed by atoms with Crippen molar-refractivity contribution in [3.05, 3.63) is 71.4 Å². The second kappa shape index (κ2) is 14.4. The Bertz CT molecular complexity index is 399. The predicted octanol–water partition coefficient (Wildman–Crippen LogP) is 6.26. The second-order valence-corrected chi connectivity index (χ2v) is 4.99. The number of hydrogen-bond acceptors (Lipinski definition) is 0. The third kappa shape index (κ3) is 9.73. The van der Waals surface area contributed by atoms with Crippen LogP contribution in [-0.2, 0) is 0 Å². The van der Waals surface area contributed by atoms with Gasteiger partial charge in [0, 0.05) is 40.4 Å². The van der Waals surface area contributed by atoms with Crippen molar-refractivity contribution in [2.24, 2.45) is 0 Å². The third-order valence-corrected chi connectivity index (χ3v) is 3.44. The van der Waals surface area contributed by atoms with Crippen molar-refractivity contribution in [3.63, 3.8) is 0 Å². The molecule has 0 fully saturated rings. The van der Waals surface area contributed by atoms with Crippen molar-refractivity contribution >= 4 is 0 Å². The van der Waals surface area contributed by atoms with Crippen molar-refractivity contribution in [3.8, 4) is 0 Å². The van der Waals surface area contributed by atoms with E-state index in [4.69, 9.17) is 0 Å². The summed E-state index contributed by atoms with van der Waals surface area (Å²) in [5, 5.41) is 0. The molecule has 0 aromatic rings. The van der Waals surface area contributed by atoms with Crippen LogP contribution in [0.25, 0.3) is 0 Å². The van der Waals surface area contributed by atoms with Crippen molar-refractivity contribution in [1.82, 2.24) is 0 Å². The van der Waals surface area contributed by atoms with E-state index in [9.17, 15) is 0 Å². The molecule has 3 aliphatic rings. The number of hydrogen-bond donors (Lipinski definition) is 0. The Morgan fingerprint density at radius 1 is 0.636 bits per heavy atom. The van der Waals surface area contributed by atoms with Crippen LogP contribution in [-0.4, -0.2) is 0 Å². The van der Waals surface area contributed by atoms with Crippen LogP contribution in [0.5, 0.6) is 0 Å². The van der Waals surface area contributed by atoms with Gasteiger partial charge in [0.25, 0.3) is 0 Å². The molecule has 0 atom stereocenters. The molecule has 1 heteroatoms. The van der Waals surface area contributed by atoms with E-state index in [0.29, 0.717) is 0 Å². The maximum atomic E-state index is 3.21. The van der Waals surface area contributed by atoms with Gasteiger partial charge in [0.05, 0.1) is 0 Å². The Kier molecular flexibility index (Phi) is 14.2. The summed E-state index contributed by atoms with van der Waals surface area (Å²) in [5.74, 6) is 0. The molecular weight excluding hydrogens is 397 g/mol. The Morgan fingerprint density at radius 3 is 1.00 bits per heavy atom. The first-order valence-corrected chi connectivity index (χ1v) is 8.08. The van der Waals surface area contributed by atoms with Crippen molar-refractivity contribution in [2.45, 2.75) is 59.3 Å². The molecule has 3 aliphatic carbocycles. The van der Waals surface area contributed by atoms with Crippen LogP contribution in [0.2, 0.25) is 0 Å². The number of rotatable bonds is 3. The minimum absolute atomic E-state index is 0. The molecule has 0 spiro atoms. The van der Waals surface area contributed by atoms with E-state index >= 15 is 0 Å². The van der Waals surface area contributed by atoms with Gasteiger partial charge in [-0.15, -0.1) is 19.3 Å². The first-order chi connectivity index (χ1) is 10.3. The van der Waals surface area contributed by atoms with Gasteiger partial charge in [-0.25, -0.2) is 34.9 Å². The summed E-state index contributed by atoms with van der Waals surface area (Å²) < 4.78 is 0. The van der Waals surface area contributed by atoms with E-state index in [1.54, 1.807) is 0 Å². The van der Waals surface area contributed by atoms with Gasteiger partial charge < -0.3 is 0 Å². The van der Waals surface area contributed by atoms with Gasteiger partial charge in [0.1, 0.15) is 0 Å². The van der Waals surface area contributed by atoms with E-state index in [-0.39, 0.29) is 40.4 Å². The Hall–Kier alpha value is -0.222. The van der Waals surface area contributed by atoms with Gasteiger partial charge in [0.2, 0.25) is 0 Å². The summed E-state index contributed by atoms with van der Waals surface area (Å²) in [4.78, 5) is 0. The molecule has 0 saturated carbocycles. The summed E-state index contributed by atoms with van der Waals surface area (Å²) in [6.45, 7) is 6.45. The zero-order valence-corrected chi connectivity index (χ0v) is 17.0. The monoisotopic (exact) mass is 424 g/mol. The minimum atomic E-state index is 0. The topological polar surface area (TPSA) is 0 Å².